The van der Waals surface area contributed by atoms with Crippen LogP contribution in [0.4, 0.5) is 0 Å². The predicted molar refractivity (Wildman–Crippen MR) is 49.0 cm³/mol. The molecule has 0 atom stereocenters. The van der Waals surface area contributed by atoms with Gasteiger partial charge in [0.05, 0.1) is 0 Å². The highest BCUT2D eigenvalue weighted by molar-refractivity contribution is 5.74. The minimum atomic E-state index is 0.247. The van der Waals surface area contributed by atoms with Crippen molar-refractivity contribution >= 4 is 6.29 Å². The molecule has 0 N–H and O–H groups in total. The minimum absolute atomic E-state index is 0.247. The zero-order chi connectivity index (χ0) is 9.52. The Morgan fingerprint density at radius 1 is 1.31 bits per heavy atom. The molecule has 1 rings (SSSR count). The average molecular weight is 180 g/mol. The summed E-state index contributed by atoms with van der Waals surface area (Å²) < 4.78 is 10.2. The quantitative estimate of drug-likeness (QED) is 0.394. The molecule has 0 unspecified atom stereocenters. The summed E-state index contributed by atoms with van der Waals surface area (Å²) in [5.41, 5.74) is 0.642. The Kier molecular flexibility index (Phi) is 3.99. The standard InChI is InChI=1S/C10H12O3/c1-2-12-8-13-10-5-3-9(7-11)4-6-10/h3-7H,2,8H2,1H3. The van der Waals surface area contributed by atoms with Crippen LogP contribution in [0.2, 0.25) is 0 Å². The molecule has 0 spiro atoms. The first kappa shape index (κ1) is 9.74. The van der Waals surface area contributed by atoms with Crippen molar-refractivity contribution in [2.45, 2.75) is 6.92 Å². The topological polar surface area (TPSA) is 35.5 Å². The monoisotopic (exact) mass is 180 g/mol. The normalized spacial score (nSPS) is 9.62. The molecule has 1 aromatic carbocycles. The average Bonchev–Trinajstić information content (AvgIpc) is 2.19. The predicted octanol–water partition coefficient (Wildman–Crippen LogP) is 1.87. The summed E-state index contributed by atoms with van der Waals surface area (Å²) in [6, 6.07) is 6.88. The molecule has 13 heavy (non-hydrogen) atoms. The van der Waals surface area contributed by atoms with Crippen molar-refractivity contribution in [2.75, 3.05) is 13.4 Å². The van der Waals surface area contributed by atoms with Crippen LogP contribution in [0.25, 0.3) is 0 Å². The number of carbonyl (C=O) groups excluding carboxylic acids is 1. The largest absolute Gasteiger partial charge is 0.468 e. The SMILES string of the molecule is CCOCOc1ccc(C=O)cc1. The second-order valence-corrected chi connectivity index (χ2v) is 2.44. The summed E-state index contributed by atoms with van der Waals surface area (Å²) in [7, 11) is 0. The van der Waals surface area contributed by atoms with E-state index in [1.165, 1.54) is 0 Å². The van der Waals surface area contributed by atoms with E-state index in [9.17, 15) is 4.79 Å². The van der Waals surface area contributed by atoms with Gasteiger partial charge >= 0.3 is 0 Å². The molecule has 0 radical (unpaired) electrons. The van der Waals surface area contributed by atoms with Crippen LogP contribution in [0.3, 0.4) is 0 Å². The molecule has 0 aliphatic rings. The molecule has 0 aliphatic carbocycles. The molecule has 0 saturated heterocycles. The lowest BCUT2D eigenvalue weighted by molar-refractivity contribution is 0.0224. The van der Waals surface area contributed by atoms with Gasteiger partial charge in [0.15, 0.2) is 6.79 Å². The van der Waals surface area contributed by atoms with E-state index in [1.807, 2.05) is 6.92 Å². The van der Waals surface area contributed by atoms with Gasteiger partial charge in [-0.2, -0.15) is 0 Å². The van der Waals surface area contributed by atoms with Gasteiger partial charge in [0.1, 0.15) is 12.0 Å². The molecule has 0 bridgehead atoms. The molecule has 0 aromatic heterocycles. The van der Waals surface area contributed by atoms with E-state index < -0.39 is 0 Å². The summed E-state index contributed by atoms with van der Waals surface area (Å²) in [5, 5.41) is 0. The Bertz CT molecular complexity index is 253. The molecule has 0 saturated carbocycles. The second-order valence-electron chi connectivity index (χ2n) is 2.44. The third kappa shape index (κ3) is 3.25. The molecular weight excluding hydrogens is 168 g/mol. The maximum Gasteiger partial charge on any atom is 0.189 e. The van der Waals surface area contributed by atoms with Crippen molar-refractivity contribution in [1.29, 1.82) is 0 Å². The van der Waals surface area contributed by atoms with Crippen LogP contribution in [0.5, 0.6) is 5.75 Å². The lowest BCUT2D eigenvalue weighted by Gasteiger charge is -2.04. The fourth-order valence-electron chi connectivity index (χ4n) is 0.836. The van der Waals surface area contributed by atoms with E-state index in [0.29, 0.717) is 17.9 Å². The van der Waals surface area contributed by atoms with Gasteiger partial charge in [-0.3, -0.25) is 4.79 Å². The number of rotatable bonds is 5. The maximum atomic E-state index is 10.3. The zero-order valence-electron chi connectivity index (χ0n) is 7.53. The number of aldehydes is 1. The third-order valence-electron chi connectivity index (χ3n) is 1.53. The van der Waals surface area contributed by atoms with Crippen molar-refractivity contribution in [3.63, 3.8) is 0 Å². The summed E-state index contributed by atoms with van der Waals surface area (Å²) in [6.07, 6.45) is 0.798. The van der Waals surface area contributed by atoms with Gasteiger partial charge in [-0.05, 0) is 31.2 Å². The number of carbonyl (C=O) groups is 1. The lowest BCUT2D eigenvalue weighted by Crippen LogP contribution is -2.01. The summed E-state index contributed by atoms with van der Waals surface area (Å²) in [5.74, 6) is 0.707. The highest BCUT2D eigenvalue weighted by atomic mass is 16.7. The van der Waals surface area contributed by atoms with Crippen molar-refractivity contribution in [2.24, 2.45) is 0 Å². The number of hydrogen-bond donors (Lipinski definition) is 0. The van der Waals surface area contributed by atoms with Crippen LogP contribution in [-0.2, 0) is 4.74 Å². The van der Waals surface area contributed by atoms with Crippen LogP contribution >= 0.6 is 0 Å². The third-order valence-corrected chi connectivity index (χ3v) is 1.53. The van der Waals surface area contributed by atoms with Gasteiger partial charge in [-0.25, -0.2) is 0 Å². The minimum Gasteiger partial charge on any atom is -0.468 e. The molecular formula is C10H12O3. The fourth-order valence-corrected chi connectivity index (χ4v) is 0.836. The first-order chi connectivity index (χ1) is 6.36. The fraction of sp³-hybridized carbons (Fsp3) is 0.300. The second kappa shape index (κ2) is 5.32. The van der Waals surface area contributed by atoms with Crippen molar-refractivity contribution in [3.05, 3.63) is 29.8 Å². The van der Waals surface area contributed by atoms with E-state index >= 15 is 0 Å². The Balaban J connectivity index is 2.44. The molecule has 0 amide bonds. The molecule has 70 valence electrons. The Morgan fingerprint density at radius 2 is 2.00 bits per heavy atom. The van der Waals surface area contributed by atoms with E-state index in [1.54, 1.807) is 24.3 Å². The molecule has 0 heterocycles. The van der Waals surface area contributed by atoms with Gasteiger partial charge < -0.3 is 9.47 Å². The highest BCUT2D eigenvalue weighted by Crippen LogP contribution is 2.10. The molecule has 0 aliphatic heterocycles. The number of benzene rings is 1. The van der Waals surface area contributed by atoms with Gasteiger partial charge in [-0.1, -0.05) is 0 Å². The number of ether oxygens (including phenoxy) is 2. The number of hydrogen-bond acceptors (Lipinski definition) is 3. The Hall–Kier alpha value is -1.35. The van der Waals surface area contributed by atoms with Crippen LogP contribution < -0.4 is 4.74 Å². The summed E-state index contributed by atoms with van der Waals surface area (Å²) in [6.45, 7) is 2.78. The van der Waals surface area contributed by atoms with Crippen LogP contribution in [0.15, 0.2) is 24.3 Å². The highest BCUT2D eigenvalue weighted by Gasteiger charge is 1.93. The van der Waals surface area contributed by atoms with Gasteiger partial charge in [0.25, 0.3) is 0 Å². The van der Waals surface area contributed by atoms with Crippen LogP contribution in [0.1, 0.15) is 17.3 Å². The van der Waals surface area contributed by atoms with Crippen LogP contribution in [-0.4, -0.2) is 19.7 Å². The van der Waals surface area contributed by atoms with Crippen molar-refractivity contribution in [3.8, 4) is 5.75 Å². The van der Waals surface area contributed by atoms with E-state index in [-0.39, 0.29) is 6.79 Å². The van der Waals surface area contributed by atoms with E-state index in [0.717, 1.165) is 6.29 Å². The summed E-state index contributed by atoms with van der Waals surface area (Å²) in [4.78, 5) is 10.3. The van der Waals surface area contributed by atoms with Crippen molar-refractivity contribution < 1.29 is 14.3 Å². The Morgan fingerprint density at radius 3 is 2.54 bits per heavy atom. The van der Waals surface area contributed by atoms with Gasteiger partial charge in [-0.15, -0.1) is 0 Å². The van der Waals surface area contributed by atoms with E-state index in [2.05, 4.69) is 0 Å². The molecule has 3 heteroatoms. The van der Waals surface area contributed by atoms with Crippen molar-refractivity contribution in [1.82, 2.24) is 0 Å². The van der Waals surface area contributed by atoms with Crippen LogP contribution in [0, 0.1) is 0 Å². The maximum absolute atomic E-state index is 10.3. The van der Waals surface area contributed by atoms with E-state index in [4.69, 9.17) is 9.47 Å². The Labute approximate surface area is 77.3 Å². The smallest absolute Gasteiger partial charge is 0.189 e. The van der Waals surface area contributed by atoms with Gasteiger partial charge in [0.2, 0.25) is 0 Å². The first-order valence-corrected chi connectivity index (χ1v) is 4.12. The molecule has 1 aromatic rings. The zero-order valence-corrected chi connectivity index (χ0v) is 7.53. The summed E-state index contributed by atoms with van der Waals surface area (Å²) >= 11 is 0. The molecule has 0 fully saturated rings. The molecule has 3 nitrogen and oxygen atoms in total. The first-order valence-electron chi connectivity index (χ1n) is 4.12. The van der Waals surface area contributed by atoms with Gasteiger partial charge in [0, 0.05) is 12.2 Å². The lowest BCUT2D eigenvalue weighted by atomic mass is 10.2.